The van der Waals surface area contributed by atoms with Crippen molar-refractivity contribution >= 4 is 26.0 Å². The van der Waals surface area contributed by atoms with Crippen molar-refractivity contribution in [2.75, 3.05) is 0 Å². The highest BCUT2D eigenvalue weighted by Crippen LogP contribution is 2.32. The highest BCUT2D eigenvalue weighted by molar-refractivity contribution is 6.93. The van der Waals surface area contributed by atoms with Crippen LogP contribution in [0.5, 0.6) is 0 Å². The molecule has 0 saturated carbocycles. The van der Waals surface area contributed by atoms with Gasteiger partial charge in [0.25, 0.3) is 0 Å². The van der Waals surface area contributed by atoms with Crippen LogP contribution in [0, 0.1) is 0 Å². The van der Waals surface area contributed by atoms with Crippen LogP contribution in [0.2, 0.25) is 6.04 Å². The lowest BCUT2D eigenvalue weighted by molar-refractivity contribution is 0.984. The summed E-state index contributed by atoms with van der Waals surface area (Å²) >= 11 is 5.85. The minimum Gasteiger partial charge on any atom is -0.176 e. The lowest BCUT2D eigenvalue weighted by Gasteiger charge is -2.07. The maximum absolute atomic E-state index is 5.85. The number of allylic oxidation sites excluding steroid dienone is 1. The Kier molecular flexibility index (Phi) is 2.33. The SMILES string of the molecule is Cl[SiH2]CC1C=Cc2ccccc21. The summed E-state index contributed by atoms with van der Waals surface area (Å²) in [7, 11) is -0.334. The normalized spacial score (nSPS) is 20.6. The van der Waals surface area contributed by atoms with Crippen LogP contribution in [0.1, 0.15) is 17.0 Å². The summed E-state index contributed by atoms with van der Waals surface area (Å²) in [6, 6.07) is 9.76. The van der Waals surface area contributed by atoms with E-state index in [-0.39, 0.29) is 8.83 Å². The molecule has 0 fully saturated rings. The Balaban J connectivity index is 2.30. The molecule has 0 spiro atoms. The van der Waals surface area contributed by atoms with Crippen molar-refractivity contribution in [3.05, 3.63) is 41.5 Å². The molecular formula is C10H11ClSi. The van der Waals surface area contributed by atoms with Gasteiger partial charge in [-0.05, 0) is 17.2 Å². The first kappa shape index (κ1) is 8.08. The molecule has 0 bridgehead atoms. The fraction of sp³-hybridized carbons (Fsp3) is 0.200. The van der Waals surface area contributed by atoms with E-state index in [9.17, 15) is 0 Å². The summed E-state index contributed by atoms with van der Waals surface area (Å²) < 4.78 is 0. The summed E-state index contributed by atoms with van der Waals surface area (Å²) in [5.74, 6) is 0.616. The van der Waals surface area contributed by atoms with Crippen molar-refractivity contribution in [1.82, 2.24) is 0 Å². The van der Waals surface area contributed by atoms with Crippen molar-refractivity contribution in [1.29, 1.82) is 0 Å². The van der Waals surface area contributed by atoms with Gasteiger partial charge in [-0.25, -0.2) is 0 Å². The topological polar surface area (TPSA) is 0 Å². The third-order valence-corrected chi connectivity index (χ3v) is 3.82. The van der Waals surface area contributed by atoms with E-state index >= 15 is 0 Å². The molecule has 62 valence electrons. The Hall–Kier alpha value is -0.533. The van der Waals surface area contributed by atoms with E-state index in [2.05, 4.69) is 36.4 Å². The number of benzene rings is 1. The van der Waals surface area contributed by atoms with Crippen molar-refractivity contribution in [2.24, 2.45) is 0 Å². The molecule has 0 nitrogen and oxygen atoms in total. The molecule has 1 aliphatic carbocycles. The first-order chi connectivity index (χ1) is 5.92. The van der Waals surface area contributed by atoms with E-state index < -0.39 is 0 Å². The zero-order valence-corrected chi connectivity index (χ0v) is 9.00. The van der Waals surface area contributed by atoms with Crippen LogP contribution in [-0.4, -0.2) is 8.83 Å². The standard InChI is InChI=1S/C10H11ClSi/c11-12-7-9-6-5-8-3-1-2-4-10(8)9/h1-6,9H,7,12H2. The molecule has 2 rings (SSSR count). The second-order valence-electron chi connectivity index (χ2n) is 3.07. The maximum Gasteiger partial charge on any atom is 0.126 e. The van der Waals surface area contributed by atoms with Gasteiger partial charge in [-0.3, -0.25) is 0 Å². The van der Waals surface area contributed by atoms with E-state index in [0.29, 0.717) is 5.92 Å². The molecule has 1 aromatic carbocycles. The highest BCUT2D eigenvalue weighted by atomic mass is 35.6. The molecule has 0 aliphatic heterocycles. The minimum absolute atomic E-state index is 0.334. The molecular weight excluding hydrogens is 184 g/mol. The molecule has 0 aromatic heterocycles. The molecule has 1 unspecified atom stereocenters. The smallest absolute Gasteiger partial charge is 0.126 e. The van der Waals surface area contributed by atoms with Gasteiger partial charge in [-0.15, -0.1) is 0 Å². The van der Waals surface area contributed by atoms with E-state index in [1.807, 2.05) is 0 Å². The average Bonchev–Trinajstić information content (AvgIpc) is 2.50. The van der Waals surface area contributed by atoms with Gasteiger partial charge >= 0.3 is 0 Å². The minimum atomic E-state index is -0.334. The Labute approximate surface area is 79.8 Å². The van der Waals surface area contributed by atoms with Crippen LogP contribution in [0.15, 0.2) is 30.3 Å². The number of halogens is 1. The summed E-state index contributed by atoms with van der Waals surface area (Å²) in [4.78, 5) is 0. The van der Waals surface area contributed by atoms with Gasteiger partial charge in [0.15, 0.2) is 0 Å². The molecule has 0 amide bonds. The Bertz CT molecular complexity index is 306. The second-order valence-corrected chi connectivity index (χ2v) is 5.16. The largest absolute Gasteiger partial charge is 0.176 e. The van der Waals surface area contributed by atoms with Gasteiger partial charge in [0.1, 0.15) is 8.83 Å². The van der Waals surface area contributed by atoms with Crippen LogP contribution < -0.4 is 0 Å². The van der Waals surface area contributed by atoms with E-state index in [1.165, 1.54) is 17.2 Å². The Morgan fingerprint density at radius 3 is 3.00 bits per heavy atom. The molecule has 1 aromatic rings. The predicted octanol–water partition coefficient (Wildman–Crippen LogP) is 2.54. The number of fused-ring (bicyclic) bond motifs is 1. The van der Waals surface area contributed by atoms with Crippen LogP contribution in [-0.2, 0) is 0 Å². The molecule has 12 heavy (non-hydrogen) atoms. The number of rotatable bonds is 2. The molecule has 2 heteroatoms. The molecule has 1 aliphatic rings. The number of hydrogen-bond donors (Lipinski definition) is 0. The van der Waals surface area contributed by atoms with E-state index in [4.69, 9.17) is 11.1 Å². The Morgan fingerprint density at radius 1 is 1.33 bits per heavy atom. The van der Waals surface area contributed by atoms with Gasteiger partial charge in [-0.1, -0.05) is 36.4 Å². The van der Waals surface area contributed by atoms with Gasteiger partial charge in [0.05, 0.1) is 0 Å². The molecule has 1 atom stereocenters. The van der Waals surface area contributed by atoms with Crippen molar-refractivity contribution < 1.29 is 0 Å². The third-order valence-electron chi connectivity index (χ3n) is 2.32. The van der Waals surface area contributed by atoms with Crippen LogP contribution >= 0.6 is 11.1 Å². The molecule has 0 radical (unpaired) electrons. The van der Waals surface area contributed by atoms with Crippen molar-refractivity contribution in [3.8, 4) is 0 Å². The van der Waals surface area contributed by atoms with Crippen LogP contribution in [0.4, 0.5) is 0 Å². The van der Waals surface area contributed by atoms with Gasteiger partial charge in [-0.2, -0.15) is 11.1 Å². The van der Waals surface area contributed by atoms with Crippen molar-refractivity contribution in [2.45, 2.75) is 12.0 Å². The summed E-state index contributed by atoms with van der Waals surface area (Å²) in [5, 5.41) is 0. The summed E-state index contributed by atoms with van der Waals surface area (Å²) in [6.07, 6.45) is 4.49. The van der Waals surface area contributed by atoms with E-state index in [0.717, 1.165) is 0 Å². The first-order valence-corrected chi connectivity index (χ1v) is 7.38. The lowest BCUT2D eigenvalue weighted by Crippen LogP contribution is -1.93. The average molecular weight is 195 g/mol. The Morgan fingerprint density at radius 2 is 2.17 bits per heavy atom. The predicted molar refractivity (Wildman–Crippen MR) is 57.4 cm³/mol. The fourth-order valence-corrected chi connectivity index (χ4v) is 3.14. The fourth-order valence-electron chi connectivity index (χ4n) is 1.69. The zero-order chi connectivity index (χ0) is 8.39. The quantitative estimate of drug-likeness (QED) is 0.502. The van der Waals surface area contributed by atoms with Crippen LogP contribution in [0.3, 0.4) is 0 Å². The molecule has 0 saturated heterocycles. The molecule has 0 N–H and O–H groups in total. The highest BCUT2D eigenvalue weighted by Gasteiger charge is 2.15. The van der Waals surface area contributed by atoms with E-state index in [1.54, 1.807) is 0 Å². The van der Waals surface area contributed by atoms with Gasteiger partial charge < -0.3 is 0 Å². The monoisotopic (exact) mass is 194 g/mol. The van der Waals surface area contributed by atoms with Crippen molar-refractivity contribution in [3.63, 3.8) is 0 Å². The zero-order valence-electron chi connectivity index (χ0n) is 6.83. The summed E-state index contributed by atoms with van der Waals surface area (Å²) in [5.41, 5.74) is 2.84. The number of hydrogen-bond acceptors (Lipinski definition) is 0. The third kappa shape index (κ3) is 1.34. The molecule has 0 heterocycles. The lowest BCUT2D eigenvalue weighted by atomic mass is 10.0. The summed E-state index contributed by atoms with van der Waals surface area (Å²) in [6.45, 7) is 0. The van der Waals surface area contributed by atoms with Gasteiger partial charge in [0.2, 0.25) is 0 Å². The van der Waals surface area contributed by atoms with Gasteiger partial charge in [0, 0.05) is 5.92 Å². The maximum atomic E-state index is 5.85. The first-order valence-electron chi connectivity index (χ1n) is 4.25. The second kappa shape index (κ2) is 3.46. The van der Waals surface area contributed by atoms with Crippen LogP contribution in [0.25, 0.3) is 6.08 Å².